The summed E-state index contributed by atoms with van der Waals surface area (Å²) in [6.45, 7) is 1.70. The SMILES string of the molecule is CCCS(=O)(=O)N(F)c1cccc2ccccc12. The maximum Gasteiger partial charge on any atom is 0.261 e. The summed E-state index contributed by atoms with van der Waals surface area (Å²) in [6, 6.07) is 12.0. The summed E-state index contributed by atoms with van der Waals surface area (Å²) < 4.78 is 37.4. The first-order valence-electron chi connectivity index (χ1n) is 5.73. The van der Waals surface area contributed by atoms with Crippen molar-refractivity contribution in [3.8, 4) is 0 Å². The minimum atomic E-state index is -3.89. The molecule has 3 nitrogen and oxygen atoms in total. The lowest BCUT2D eigenvalue weighted by molar-refractivity contribution is 0.496. The minimum Gasteiger partial charge on any atom is -0.204 e. The topological polar surface area (TPSA) is 37.4 Å². The molecule has 2 aromatic carbocycles. The molecule has 0 aliphatic heterocycles. The molecule has 0 aliphatic carbocycles. The highest BCUT2D eigenvalue weighted by atomic mass is 32.2. The van der Waals surface area contributed by atoms with Gasteiger partial charge in [0.05, 0.1) is 11.4 Å². The molecular weight excluding hydrogens is 253 g/mol. The van der Waals surface area contributed by atoms with Crippen LogP contribution < -0.4 is 4.53 Å². The quantitative estimate of drug-likeness (QED) is 0.797. The van der Waals surface area contributed by atoms with Gasteiger partial charge in [0.15, 0.2) is 0 Å². The summed E-state index contributed by atoms with van der Waals surface area (Å²) in [5.74, 6) is -0.202. The van der Waals surface area contributed by atoms with Gasteiger partial charge in [0.1, 0.15) is 0 Å². The summed E-state index contributed by atoms with van der Waals surface area (Å²) in [7, 11) is -3.89. The molecule has 0 fully saturated rings. The number of halogens is 1. The Morgan fingerprint density at radius 3 is 2.50 bits per heavy atom. The molecule has 0 spiro atoms. The number of sulfonamides is 1. The van der Waals surface area contributed by atoms with E-state index in [9.17, 15) is 12.9 Å². The molecule has 5 heteroatoms. The van der Waals surface area contributed by atoms with E-state index in [4.69, 9.17) is 0 Å². The Labute approximate surface area is 106 Å². The molecule has 0 aliphatic rings. The van der Waals surface area contributed by atoms with E-state index in [1.54, 1.807) is 25.1 Å². The van der Waals surface area contributed by atoms with E-state index in [1.807, 2.05) is 18.2 Å². The molecule has 0 heterocycles. The van der Waals surface area contributed by atoms with Crippen molar-refractivity contribution >= 4 is 26.5 Å². The number of anilines is 1. The second kappa shape index (κ2) is 4.94. The van der Waals surface area contributed by atoms with Gasteiger partial charge in [-0.1, -0.05) is 47.8 Å². The average Bonchev–Trinajstić information content (AvgIpc) is 2.37. The largest absolute Gasteiger partial charge is 0.261 e. The van der Waals surface area contributed by atoms with Crippen LogP contribution in [0.4, 0.5) is 10.2 Å². The predicted octanol–water partition coefficient (Wildman–Crippen LogP) is 3.27. The molecule has 0 saturated heterocycles. The first kappa shape index (κ1) is 12.8. The van der Waals surface area contributed by atoms with Gasteiger partial charge in [-0.15, -0.1) is 4.53 Å². The monoisotopic (exact) mass is 267 g/mol. The van der Waals surface area contributed by atoms with Crippen molar-refractivity contribution in [2.24, 2.45) is 0 Å². The normalized spacial score (nSPS) is 11.7. The van der Waals surface area contributed by atoms with Crippen LogP contribution in [0.15, 0.2) is 42.5 Å². The fourth-order valence-corrected chi connectivity index (χ4v) is 2.98. The molecule has 0 radical (unpaired) electrons. The number of hydrogen-bond acceptors (Lipinski definition) is 2. The molecule has 0 bridgehead atoms. The van der Waals surface area contributed by atoms with Crippen LogP contribution in [-0.2, 0) is 10.0 Å². The van der Waals surface area contributed by atoms with Crippen LogP contribution in [-0.4, -0.2) is 14.2 Å². The Morgan fingerprint density at radius 2 is 1.78 bits per heavy atom. The third kappa shape index (κ3) is 2.31. The lowest BCUT2D eigenvalue weighted by Crippen LogP contribution is -2.25. The van der Waals surface area contributed by atoms with Gasteiger partial charge < -0.3 is 0 Å². The van der Waals surface area contributed by atoms with Gasteiger partial charge in [-0.05, 0) is 17.9 Å². The van der Waals surface area contributed by atoms with Crippen LogP contribution >= 0.6 is 0 Å². The molecule has 0 aromatic heterocycles. The summed E-state index contributed by atoms with van der Waals surface area (Å²) >= 11 is 0. The zero-order valence-electron chi connectivity index (χ0n) is 10.0. The number of fused-ring (bicyclic) bond motifs is 1. The van der Waals surface area contributed by atoms with E-state index >= 15 is 0 Å². The smallest absolute Gasteiger partial charge is 0.204 e. The minimum absolute atomic E-state index is 0.0709. The zero-order chi connectivity index (χ0) is 13.2. The zero-order valence-corrected chi connectivity index (χ0v) is 10.8. The van der Waals surface area contributed by atoms with Crippen molar-refractivity contribution in [2.45, 2.75) is 13.3 Å². The van der Waals surface area contributed by atoms with Crippen LogP contribution in [0.3, 0.4) is 0 Å². The summed E-state index contributed by atoms with van der Waals surface area (Å²) in [4.78, 5) is 0. The van der Waals surface area contributed by atoms with Crippen LogP contribution in [0, 0.1) is 0 Å². The first-order chi connectivity index (χ1) is 8.56. The van der Waals surface area contributed by atoms with Crippen LogP contribution in [0.25, 0.3) is 10.8 Å². The molecule has 0 atom stereocenters. The van der Waals surface area contributed by atoms with E-state index in [2.05, 4.69) is 0 Å². The van der Waals surface area contributed by atoms with Crippen molar-refractivity contribution in [1.29, 1.82) is 0 Å². The highest BCUT2D eigenvalue weighted by Gasteiger charge is 2.22. The third-order valence-electron chi connectivity index (χ3n) is 2.66. The number of benzene rings is 2. The Kier molecular flexibility index (Phi) is 3.52. The Bertz CT molecular complexity index is 650. The molecule has 96 valence electrons. The molecule has 2 aromatic rings. The number of rotatable bonds is 4. The van der Waals surface area contributed by atoms with Gasteiger partial charge >= 0.3 is 0 Å². The molecule has 18 heavy (non-hydrogen) atoms. The Morgan fingerprint density at radius 1 is 1.11 bits per heavy atom. The highest BCUT2D eigenvalue weighted by Crippen LogP contribution is 2.29. The fraction of sp³-hybridized carbons (Fsp3) is 0.231. The molecule has 0 saturated carbocycles. The summed E-state index contributed by atoms with van der Waals surface area (Å²) in [6.07, 6.45) is 0.382. The van der Waals surface area contributed by atoms with E-state index < -0.39 is 10.0 Å². The number of hydrogen-bond donors (Lipinski definition) is 0. The molecule has 0 unspecified atom stereocenters. The van der Waals surface area contributed by atoms with E-state index in [1.165, 1.54) is 6.07 Å². The fourth-order valence-electron chi connectivity index (χ4n) is 1.85. The number of nitrogens with zero attached hydrogens (tertiary/aromatic N) is 1. The first-order valence-corrected chi connectivity index (χ1v) is 7.33. The Hall–Kier alpha value is -1.62. The van der Waals surface area contributed by atoms with Crippen LogP contribution in [0.1, 0.15) is 13.3 Å². The van der Waals surface area contributed by atoms with Crippen molar-refractivity contribution in [1.82, 2.24) is 0 Å². The third-order valence-corrected chi connectivity index (χ3v) is 4.27. The van der Waals surface area contributed by atoms with Crippen molar-refractivity contribution < 1.29 is 12.9 Å². The Balaban J connectivity index is 2.55. The van der Waals surface area contributed by atoms with Gasteiger partial charge in [-0.3, -0.25) is 0 Å². The maximum absolute atomic E-state index is 14.1. The van der Waals surface area contributed by atoms with E-state index in [-0.39, 0.29) is 16.0 Å². The van der Waals surface area contributed by atoms with Crippen molar-refractivity contribution in [3.05, 3.63) is 42.5 Å². The predicted molar refractivity (Wildman–Crippen MR) is 71.6 cm³/mol. The van der Waals surface area contributed by atoms with Crippen LogP contribution in [0.5, 0.6) is 0 Å². The van der Waals surface area contributed by atoms with Gasteiger partial charge in [-0.2, -0.15) is 0 Å². The van der Waals surface area contributed by atoms with Gasteiger partial charge in [0.2, 0.25) is 0 Å². The lowest BCUT2D eigenvalue weighted by atomic mass is 10.1. The van der Waals surface area contributed by atoms with Gasteiger partial charge in [-0.25, -0.2) is 8.42 Å². The summed E-state index contributed by atoms with van der Waals surface area (Å²) in [5.41, 5.74) is 0.0709. The van der Waals surface area contributed by atoms with Crippen LogP contribution in [0.2, 0.25) is 0 Å². The molecule has 0 N–H and O–H groups in total. The maximum atomic E-state index is 14.1. The van der Waals surface area contributed by atoms with Crippen molar-refractivity contribution in [3.63, 3.8) is 0 Å². The molecular formula is C13H14FNO2S. The van der Waals surface area contributed by atoms with Gasteiger partial charge in [0, 0.05) is 5.39 Å². The van der Waals surface area contributed by atoms with Gasteiger partial charge in [0.25, 0.3) is 10.0 Å². The second-order valence-electron chi connectivity index (χ2n) is 4.03. The van der Waals surface area contributed by atoms with Crippen molar-refractivity contribution in [2.75, 3.05) is 10.3 Å². The average molecular weight is 267 g/mol. The summed E-state index contributed by atoms with van der Waals surface area (Å²) in [5, 5.41) is 1.39. The van der Waals surface area contributed by atoms with E-state index in [0.29, 0.717) is 11.8 Å². The second-order valence-corrected chi connectivity index (χ2v) is 5.92. The molecule has 0 amide bonds. The lowest BCUT2D eigenvalue weighted by Gasteiger charge is -2.15. The van der Waals surface area contributed by atoms with E-state index in [0.717, 1.165) is 5.39 Å². The molecule has 2 rings (SSSR count). The highest BCUT2D eigenvalue weighted by molar-refractivity contribution is 7.92. The standard InChI is InChI=1S/C13H14FNO2S/c1-2-10-18(16,17)15(14)13-9-5-7-11-6-3-4-8-12(11)13/h3-9H,2,10H2,1H3.